The van der Waals surface area contributed by atoms with Crippen LogP contribution < -0.4 is 14.8 Å². The Kier molecular flexibility index (Phi) is 5.70. The van der Waals surface area contributed by atoms with Crippen LogP contribution in [0.15, 0.2) is 83.4 Å². The fourth-order valence-electron chi connectivity index (χ4n) is 2.83. The molecule has 4 rings (SSSR count). The minimum atomic E-state index is -0.266. The third-order valence-corrected chi connectivity index (χ3v) is 4.28. The van der Waals surface area contributed by atoms with E-state index >= 15 is 0 Å². The predicted octanol–water partition coefficient (Wildman–Crippen LogP) is 4.43. The average molecular weight is 401 g/mol. The van der Waals surface area contributed by atoms with Gasteiger partial charge in [-0.1, -0.05) is 41.6 Å². The number of hydrogen-bond acceptors (Lipinski definition) is 6. The summed E-state index contributed by atoms with van der Waals surface area (Å²) in [5.41, 5.74) is 2.26. The summed E-state index contributed by atoms with van der Waals surface area (Å²) in [5, 5.41) is 6.81. The first kappa shape index (κ1) is 19.2. The molecular formula is C23H19N3O4. The topological polar surface area (TPSA) is 86.5 Å². The summed E-state index contributed by atoms with van der Waals surface area (Å²) in [5.74, 6) is 1.50. The van der Waals surface area contributed by atoms with Gasteiger partial charge in [0.1, 0.15) is 0 Å². The standard InChI is InChI=1S/C23H19N3O4/c1-28-20-14-17(22-25-23(30-26-22)16-8-4-2-5-9-16)12-13-19(20)29-15-21(27)24-18-10-6-3-7-11-18/h2-14H,15H2,1H3,(H,24,27). The summed E-state index contributed by atoms with van der Waals surface area (Å²) in [6, 6.07) is 24.0. The Morgan fingerprint density at radius 3 is 2.40 bits per heavy atom. The van der Waals surface area contributed by atoms with E-state index in [-0.39, 0.29) is 12.5 Å². The Hall–Kier alpha value is -4.13. The zero-order valence-electron chi connectivity index (χ0n) is 16.2. The zero-order chi connectivity index (χ0) is 20.8. The maximum atomic E-state index is 12.1. The number of ether oxygens (including phenoxy) is 2. The van der Waals surface area contributed by atoms with Gasteiger partial charge in [-0.3, -0.25) is 4.79 Å². The van der Waals surface area contributed by atoms with Crippen molar-refractivity contribution < 1.29 is 18.8 Å². The van der Waals surface area contributed by atoms with Gasteiger partial charge in [-0.15, -0.1) is 0 Å². The van der Waals surface area contributed by atoms with Gasteiger partial charge < -0.3 is 19.3 Å². The average Bonchev–Trinajstić information content (AvgIpc) is 3.29. The lowest BCUT2D eigenvalue weighted by Crippen LogP contribution is -2.20. The molecule has 0 aliphatic rings. The first-order valence-corrected chi connectivity index (χ1v) is 9.28. The molecule has 30 heavy (non-hydrogen) atoms. The molecule has 0 atom stereocenters. The molecule has 0 bridgehead atoms. The van der Waals surface area contributed by atoms with Gasteiger partial charge in [-0.05, 0) is 42.5 Å². The fourth-order valence-corrected chi connectivity index (χ4v) is 2.83. The molecule has 150 valence electrons. The van der Waals surface area contributed by atoms with Crippen LogP contribution in [0.2, 0.25) is 0 Å². The van der Waals surface area contributed by atoms with Crippen LogP contribution in [0.5, 0.6) is 11.5 Å². The second-order valence-electron chi connectivity index (χ2n) is 6.36. The quantitative estimate of drug-likeness (QED) is 0.493. The fraction of sp³-hybridized carbons (Fsp3) is 0.0870. The Bertz CT molecular complexity index is 1130. The lowest BCUT2D eigenvalue weighted by Gasteiger charge is -2.11. The number of rotatable bonds is 7. The van der Waals surface area contributed by atoms with Crippen LogP contribution in [-0.2, 0) is 4.79 Å². The summed E-state index contributed by atoms with van der Waals surface area (Å²) in [4.78, 5) is 16.5. The van der Waals surface area contributed by atoms with Gasteiger partial charge in [-0.2, -0.15) is 4.98 Å². The summed E-state index contributed by atoms with van der Waals surface area (Å²) >= 11 is 0. The molecule has 0 spiro atoms. The third-order valence-electron chi connectivity index (χ3n) is 4.28. The summed E-state index contributed by atoms with van der Waals surface area (Å²) < 4.78 is 16.4. The maximum Gasteiger partial charge on any atom is 0.262 e. The number of carbonyl (C=O) groups is 1. The van der Waals surface area contributed by atoms with E-state index in [1.165, 1.54) is 7.11 Å². The van der Waals surface area contributed by atoms with Crippen LogP contribution in [0.4, 0.5) is 5.69 Å². The number of carbonyl (C=O) groups excluding carboxylic acids is 1. The van der Waals surface area contributed by atoms with E-state index < -0.39 is 0 Å². The number of amides is 1. The van der Waals surface area contributed by atoms with Crippen molar-refractivity contribution >= 4 is 11.6 Å². The smallest absolute Gasteiger partial charge is 0.262 e. The Morgan fingerprint density at radius 2 is 1.67 bits per heavy atom. The number of hydrogen-bond donors (Lipinski definition) is 1. The van der Waals surface area contributed by atoms with Crippen LogP contribution >= 0.6 is 0 Å². The molecule has 0 unspecified atom stereocenters. The van der Waals surface area contributed by atoms with Crippen molar-refractivity contribution in [2.75, 3.05) is 19.0 Å². The number of aromatic nitrogens is 2. The Labute approximate surface area is 173 Å². The van der Waals surface area contributed by atoms with Crippen molar-refractivity contribution in [1.29, 1.82) is 0 Å². The highest BCUT2D eigenvalue weighted by Gasteiger charge is 2.14. The zero-order valence-corrected chi connectivity index (χ0v) is 16.2. The van der Waals surface area contributed by atoms with Crippen molar-refractivity contribution in [2.45, 2.75) is 0 Å². The normalized spacial score (nSPS) is 10.4. The van der Waals surface area contributed by atoms with Gasteiger partial charge in [-0.25, -0.2) is 0 Å². The lowest BCUT2D eigenvalue weighted by atomic mass is 10.2. The molecule has 1 heterocycles. The van der Waals surface area contributed by atoms with Gasteiger partial charge in [0.15, 0.2) is 18.1 Å². The number of benzene rings is 3. The van der Waals surface area contributed by atoms with Crippen molar-refractivity contribution in [3.05, 3.63) is 78.9 Å². The SMILES string of the molecule is COc1cc(-c2noc(-c3ccccc3)n2)ccc1OCC(=O)Nc1ccccc1. The Morgan fingerprint density at radius 1 is 0.933 bits per heavy atom. The highest BCUT2D eigenvalue weighted by molar-refractivity contribution is 5.91. The maximum absolute atomic E-state index is 12.1. The van der Waals surface area contributed by atoms with E-state index in [9.17, 15) is 4.79 Å². The molecule has 0 aliphatic heterocycles. The van der Waals surface area contributed by atoms with E-state index in [4.69, 9.17) is 14.0 Å². The van der Waals surface area contributed by atoms with Crippen molar-refractivity contribution in [1.82, 2.24) is 10.1 Å². The van der Waals surface area contributed by atoms with E-state index in [0.717, 1.165) is 5.56 Å². The highest BCUT2D eigenvalue weighted by Crippen LogP contribution is 2.32. The van der Waals surface area contributed by atoms with Crippen LogP contribution in [0.3, 0.4) is 0 Å². The first-order valence-electron chi connectivity index (χ1n) is 9.28. The largest absolute Gasteiger partial charge is 0.493 e. The van der Waals surface area contributed by atoms with Gasteiger partial charge in [0.2, 0.25) is 5.82 Å². The van der Waals surface area contributed by atoms with Crippen LogP contribution in [0.25, 0.3) is 22.8 Å². The number of anilines is 1. The summed E-state index contributed by atoms with van der Waals surface area (Å²) in [7, 11) is 1.53. The minimum Gasteiger partial charge on any atom is -0.493 e. The lowest BCUT2D eigenvalue weighted by molar-refractivity contribution is -0.118. The molecule has 1 aromatic heterocycles. The van der Waals surface area contributed by atoms with Crippen LogP contribution in [0.1, 0.15) is 0 Å². The van der Waals surface area contributed by atoms with E-state index in [0.29, 0.717) is 34.5 Å². The van der Waals surface area contributed by atoms with E-state index in [2.05, 4.69) is 15.5 Å². The van der Waals surface area contributed by atoms with Gasteiger partial charge in [0, 0.05) is 16.8 Å². The van der Waals surface area contributed by atoms with Crippen LogP contribution in [-0.4, -0.2) is 29.8 Å². The van der Waals surface area contributed by atoms with E-state index in [1.54, 1.807) is 18.2 Å². The van der Waals surface area contributed by atoms with Gasteiger partial charge in [0.05, 0.1) is 7.11 Å². The molecule has 1 N–H and O–H groups in total. The molecule has 7 nitrogen and oxygen atoms in total. The second-order valence-corrected chi connectivity index (χ2v) is 6.36. The van der Waals surface area contributed by atoms with Gasteiger partial charge in [0.25, 0.3) is 11.8 Å². The van der Waals surface area contributed by atoms with Crippen LogP contribution in [0, 0.1) is 0 Å². The molecule has 0 radical (unpaired) electrons. The third kappa shape index (κ3) is 4.47. The number of nitrogens with one attached hydrogen (secondary N) is 1. The van der Waals surface area contributed by atoms with Crippen molar-refractivity contribution in [3.63, 3.8) is 0 Å². The molecule has 1 amide bonds. The molecule has 7 heteroatoms. The molecule has 0 saturated carbocycles. The molecule has 3 aromatic carbocycles. The first-order chi connectivity index (χ1) is 14.7. The van der Waals surface area contributed by atoms with Crippen molar-refractivity contribution in [2.24, 2.45) is 0 Å². The molecule has 0 fully saturated rings. The molecular weight excluding hydrogens is 382 g/mol. The number of nitrogens with zero attached hydrogens (tertiary/aromatic N) is 2. The monoisotopic (exact) mass is 401 g/mol. The molecule has 4 aromatic rings. The summed E-state index contributed by atoms with van der Waals surface area (Å²) in [6.45, 7) is -0.148. The Balaban J connectivity index is 1.45. The van der Waals surface area contributed by atoms with Crippen molar-refractivity contribution in [3.8, 4) is 34.3 Å². The molecule has 0 aliphatic carbocycles. The summed E-state index contributed by atoms with van der Waals surface area (Å²) in [6.07, 6.45) is 0. The molecule has 0 saturated heterocycles. The number of methoxy groups -OCH3 is 1. The highest BCUT2D eigenvalue weighted by atomic mass is 16.5. The minimum absolute atomic E-state index is 0.148. The second kappa shape index (κ2) is 8.91. The van der Waals surface area contributed by atoms with Gasteiger partial charge >= 0.3 is 0 Å². The predicted molar refractivity (Wildman–Crippen MR) is 112 cm³/mol. The number of para-hydroxylation sites is 1. The van der Waals surface area contributed by atoms with E-state index in [1.807, 2.05) is 60.7 Å².